The largest absolute Gasteiger partial charge is 0.509 e. The van der Waals surface area contributed by atoms with Gasteiger partial charge in [-0.1, -0.05) is 24.8 Å². The standard InChI is InChI=1S/C34H48BrFN6O7S/c1-10-13-50-29-39-27(41(30(43)48-32(2,3)4)21-15-18(21)17-11-12-19(35)20(36)14-17)24(37)28(40-29)42(38)22-16-23(45-31(44)49-33(5,6)7)26-25(22)46-34(8,9)47-26/h11-12,14,18,21-23,25-26H,10,13,15-16,37-38H2,1-9H3/t18?,21?,22-,23+,25+,26-/m1/s1. The second kappa shape index (κ2) is 14.2. The van der Waals surface area contributed by atoms with E-state index in [0.29, 0.717) is 21.8 Å². The summed E-state index contributed by atoms with van der Waals surface area (Å²) in [6.45, 7) is 16.1. The number of aromatic nitrogens is 2. The second-order valence-corrected chi connectivity index (χ2v) is 17.2. The third-order valence-corrected chi connectivity index (χ3v) is 9.92. The normalized spacial score (nSPS) is 25.5. The van der Waals surface area contributed by atoms with Crippen molar-refractivity contribution in [3.8, 4) is 0 Å². The molecule has 1 aliphatic heterocycles. The molecule has 2 aliphatic carbocycles. The highest BCUT2D eigenvalue weighted by Crippen LogP contribution is 2.50. The zero-order chi connectivity index (χ0) is 36.9. The predicted octanol–water partition coefficient (Wildman–Crippen LogP) is 7.05. The molecule has 1 aromatic heterocycles. The minimum atomic E-state index is -0.990. The van der Waals surface area contributed by atoms with Gasteiger partial charge in [-0.15, -0.1) is 0 Å². The van der Waals surface area contributed by atoms with Crippen molar-refractivity contribution in [2.24, 2.45) is 5.84 Å². The lowest BCUT2D eigenvalue weighted by atomic mass is 10.1. The number of carbonyl (C=O) groups excluding carboxylic acids is 2. The summed E-state index contributed by atoms with van der Waals surface area (Å²) < 4.78 is 44.4. The van der Waals surface area contributed by atoms with E-state index in [-0.39, 0.29) is 29.7 Å². The van der Waals surface area contributed by atoms with Crippen LogP contribution in [0.15, 0.2) is 27.8 Å². The van der Waals surface area contributed by atoms with Gasteiger partial charge in [0.15, 0.2) is 22.6 Å². The third kappa shape index (κ3) is 8.75. The number of carbonyl (C=O) groups is 2. The van der Waals surface area contributed by atoms with Gasteiger partial charge in [0.1, 0.15) is 41.0 Å². The Kier molecular flexibility index (Phi) is 10.9. The van der Waals surface area contributed by atoms with Gasteiger partial charge in [-0.2, -0.15) is 0 Å². The molecule has 5 rings (SSSR count). The molecule has 1 aromatic carbocycles. The molecular formula is C34H48BrFN6O7S. The highest BCUT2D eigenvalue weighted by atomic mass is 79.9. The van der Waals surface area contributed by atoms with Crippen LogP contribution in [0.1, 0.15) is 93.1 Å². The van der Waals surface area contributed by atoms with Crippen LogP contribution in [0.25, 0.3) is 0 Å². The molecule has 3 fully saturated rings. The molecule has 0 bridgehead atoms. The fraction of sp³-hybridized carbons (Fsp3) is 0.647. The van der Waals surface area contributed by atoms with Gasteiger partial charge in [0.2, 0.25) is 0 Å². The first kappa shape index (κ1) is 38.3. The number of hydrogen-bond donors (Lipinski definition) is 2. The number of rotatable bonds is 9. The fourth-order valence-electron chi connectivity index (χ4n) is 6.17. The predicted molar refractivity (Wildman–Crippen MR) is 191 cm³/mol. The lowest BCUT2D eigenvalue weighted by Crippen LogP contribution is -2.49. The maximum atomic E-state index is 14.6. The summed E-state index contributed by atoms with van der Waals surface area (Å²) in [4.78, 5) is 37.7. The van der Waals surface area contributed by atoms with Crippen molar-refractivity contribution in [2.45, 2.75) is 140 Å². The molecule has 1 saturated heterocycles. The van der Waals surface area contributed by atoms with Crippen molar-refractivity contribution >= 4 is 57.3 Å². The van der Waals surface area contributed by atoms with E-state index in [4.69, 9.17) is 45.2 Å². The molecule has 2 unspecified atom stereocenters. The van der Waals surface area contributed by atoms with Gasteiger partial charge >= 0.3 is 12.2 Å². The Hall–Kier alpha value is -2.92. The highest BCUT2D eigenvalue weighted by Gasteiger charge is 2.58. The van der Waals surface area contributed by atoms with Crippen LogP contribution in [0.5, 0.6) is 0 Å². The summed E-state index contributed by atoms with van der Waals surface area (Å²) in [7, 11) is 0. The molecule has 3 aliphatic rings. The third-order valence-electron chi connectivity index (χ3n) is 8.22. The van der Waals surface area contributed by atoms with Gasteiger partial charge in [0, 0.05) is 24.1 Å². The van der Waals surface area contributed by atoms with E-state index < -0.39 is 65.5 Å². The number of hydrazine groups is 1. The summed E-state index contributed by atoms with van der Waals surface area (Å²) in [6.07, 6.45) is -1.95. The van der Waals surface area contributed by atoms with Crippen LogP contribution >= 0.6 is 27.7 Å². The number of amides is 1. The Morgan fingerprint density at radius 2 is 1.68 bits per heavy atom. The van der Waals surface area contributed by atoms with E-state index in [2.05, 4.69) is 15.9 Å². The SMILES string of the molecule is CCCSc1nc(N(C(=O)OC(C)(C)C)C2CC2c2ccc(Br)c(F)c2)c(N)c(N(N)[C@@H]2C[C@H](OC(=O)OC(C)(C)C)[C@H]3OC(C)(C)O[C@H]32)n1. The number of thioether (sulfide) groups is 1. The number of ether oxygens (including phenoxy) is 5. The number of nitrogens with zero attached hydrogens (tertiary/aromatic N) is 4. The average molecular weight is 784 g/mol. The quantitative estimate of drug-likeness (QED) is 0.0875. The van der Waals surface area contributed by atoms with Crippen molar-refractivity contribution in [2.75, 3.05) is 21.4 Å². The summed E-state index contributed by atoms with van der Waals surface area (Å²) in [5.41, 5.74) is 6.05. The fourth-order valence-corrected chi connectivity index (χ4v) is 7.11. The zero-order valence-corrected chi connectivity index (χ0v) is 32.4. The first-order valence-corrected chi connectivity index (χ1v) is 18.5. The Labute approximate surface area is 305 Å². The lowest BCUT2D eigenvalue weighted by Gasteiger charge is -2.32. The van der Waals surface area contributed by atoms with Gasteiger partial charge in [-0.3, -0.25) is 9.91 Å². The number of hydrogen-bond acceptors (Lipinski definition) is 13. The van der Waals surface area contributed by atoms with Crippen molar-refractivity contribution in [3.63, 3.8) is 0 Å². The van der Waals surface area contributed by atoms with Crippen LogP contribution < -0.4 is 21.5 Å². The maximum absolute atomic E-state index is 14.6. The van der Waals surface area contributed by atoms with E-state index in [1.807, 2.05) is 13.0 Å². The minimum Gasteiger partial charge on any atom is -0.443 e. The topological polar surface area (TPSA) is 165 Å². The first-order chi connectivity index (χ1) is 23.2. The zero-order valence-electron chi connectivity index (χ0n) is 30.0. The van der Waals surface area contributed by atoms with Crippen molar-refractivity contribution in [3.05, 3.63) is 34.1 Å². The highest BCUT2D eigenvalue weighted by molar-refractivity contribution is 9.10. The van der Waals surface area contributed by atoms with Gasteiger partial charge in [0.25, 0.3) is 0 Å². The van der Waals surface area contributed by atoms with Gasteiger partial charge in [-0.05, 0) is 102 Å². The van der Waals surface area contributed by atoms with E-state index in [0.717, 1.165) is 12.0 Å². The lowest BCUT2D eigenvalue weighted by molar-refractivity contribution is -0.166. The molecule has 4 N–H and O–H groups in total. The summed E-state index contributed by atoms with van der Waals surface area (Å²) >= 11 is 4.60. The summed E-state index contributed by atoms with van der Waals surface area (Å²) in [5, 5.41) is 1.74. The average Bonchev–Trinajstić information content (AvgIpc) is 3.60. The first-order valence-electron chi connectivity index (χ1n) is 16.7. The second-order valence-electron chi connectivity index (χ2n) is 15.2. The molecule has 0 radical (unpaired) electrons. The maximum Gasteiger partial charge on any atom is 0.509 e. The van der Waals surface area contributed by atoms with Crippen LogP contribution in [0.2, 0.25) is 0 Å². The number of nitrogens with two attached hydrogens (primary N) is 2. The number of anilines is 3. The molecule has 2 heterocycles. The van der Waals surface area contributed by atoms with Crippen molar-refractivity contribution < 1.29 is 37.7 Å². The molecule has 2 saturated carbocycles. The number of fused-ring (bicyclic) bond motifs is 1. The Morgan fingerprint density at radius 1 is 1.04 bits per heavy atom. The van der Waals surface area contributed by atoms with E-state index in [1.54, 1.807) is 61.5 Å². The van der Waals surface area contributed by atoms with Crippen molar-refractivity contribution in [1.82, 2.24) is 9.97 Å². The molecular weight excluding hydrogens is 735 g/mol. The number of nitrogen functional groups attached to an aromatic ring is 1. The van der Waals surface area contributed by atoms with Crippen LogP contribution in [0, 0.1) is 5.82 Å². The monoisotopic (exact) mass is 782 g/mol. The minimum absolute atomic E-state index is 0.0399. The van der Waals surface area contributed by atoms with Crippen LogP contribution in [0.3, 0.4) is 0 Å². The van der Waals surface area contributed by atoms with E-state index in [1.165, 1.54) is 27.7 Å². The summed E-state index contributed by atoms with van der Waals surface area (Å²) in [6, 6.07) is 3.88. The Morgan fingerprint density at radius 3 is 2.30 bits per heavy atom. The number of benzene rings is 1. The molecule has 13 nitrogen and oxygen atoms in total. The van der Waals surface area contributed by atoms with Crippen LogP contribution in [-0.2, 0) is 23.7 Å². The van der Waals surface area contributed by atoms with Crippen LogP contribution in [-0.4, -0.2) is 75.4 Å². The van der Waals surface area contributed by atoms with Gasteiger partial charge in [-0.25, -0.2) is 29.8 Å². The molecule has 1 amide bonds. The molecule has 50 heavy (non-hydrogen) atoms. The smallest absolute Gasteiger partial charge is 0.443 e. The van der Waals surface area contributed by atoms with E-state index in [9.17, 15) is 14.0 Å². The molecule has 2 aromatic rings. The van der Waals surface area contributed by atoms with Crippen molar-refractivity contribution in [1.29, 1.82) is 0 Å². The van der Waals surface area contributed by atoms with Gasteiger partial charge in [0.05, 0.1) is 10.5 Å². The molecule has 16 heteroatoms. The molecule has 6 atom stereocenters. The van der Waals surface area contributed by atoms with Crippen LogP contribution in [0.4, 0.5) is 31.3 Å². The van der Waals surface area contributed by atoms with E-state index >= 15 is 0 Å². The number of halogens is 2. The Bertz CT molecular complexity index is 1600. The Balaban J connectivity index is 1.53. The molecule has 276 valence electrons. The van der Waals surface area contributed by atoms with Gasteiger partial charge < -0.3 is 29.4 Å². The molecule has 0 spiro atoms. The summed E-state index contributed by atoms with van der Waals surface area (Å²) in [5.74, 6) is 6.28.